The van der Waals surface area contributed by atoms with Gasteiger partial charge in [-0.3, -0.25) is 9.59 Å². The van der Waals surface area contributed by atoms with Gasteiger partial charge in [0.25, 0.3) is 0 Å². The molecular weight excluding hydrogens is 338 g/mol. The number of nitrogens with zero attached hydrogens (tertiary/aromatic N) is 2. The highest BCUT2D eigenvalue weighted by Gasteiger charge is 2.49. The molecule has 136 valence electrons. The summed E-state index contributed by atoms with van der Waals surface area (Å²) >= 11 is 6.05. The largest absolute Gasteiger partial charge is 0.368 e. The van der Waals surface area contributed by atoms with Crippen LogP contribution in [0.4, 0.5) is 5.69 Å². The van der Waals surface area contributed by atoms with Crippen LogP contribution in [0.15, 0.2) is 24.3 Å². The third kappa shape index (κ3) is 4.46. The molecule has 2 fully saturated rings. The van der Waals surface area contributed by atoms with Crippen molar-refractivity contribution in [2.45, 2.75) is 20.3 Å². The zero-order chi connectivity index (χ0) is 18.0. The molecule has 1 saturated heterocycles. The lowest BCUT2D eigenvalue weighted by Crippen LogP contribution is -2.49. The summed E-state index contributed by atoms with van der Waals surface area (Å²) in [4.78, 5) is 28.8. The number of hydrogen-bond donors (Lipinski definition) is 1. The fraction of sp³-hybridized carbons (Fsp3) is 0.579. The number of carbonyl (C=O) groups is 2. The predicted molar refractivity (Wildman–Crippen MR) is 99.7 cm³/mol. The highest BCUT2D eigenvalue weighted by Crippen LogP contribution is 2.40. The van der Waals surface area contributed by atoms with E-state index < -0.39 is 0 Å². The van der Waals surface area contributed by atoms with Crippen LogP contribution >= 0.6 is 11.6 Å². The minimum absolute atomic E-state index is 0.0320. The second-order valence-electron chi connectivity index (χ2n) is 7.38. The normalized spacial score (nSPS) is 22.9. The van der Waals surface area contributed by atoms with Gasteiger partial charge in [0.05, 0.1) is 11.8 Å². The topological polar surface area (TPSA) is 52.7 Å². The number of rotatable bonds is 5. The quantitative estimate of drug-likeness (QED) is 0.874. The molecule has 25 heavy (non-hydrogen) atoms. The molecular formula is C19H26ClN3O2. The smallest absolute Gasteiger partial charge is 0.226 e. The van der Waals surface area contributed by atoms with Crippen molar-refractivity contribution >= 4 is 29.1 Å². The van der Waals surface area contributed by atoms with Crippen LogP contribution in [0, 0.1) is 17.8 Å². The maximum Gasteiger partial charge on any atom is 0.226 e. The van der Waals surface area contributed by atoms with Gasteiger partial charge in [-0.25, -0.2) is 0 Å². The minimum atomic E-state index is -0.128. The van der Waals surface area contributed by atoms with Crippen molar-refractivity contribution in [2.24, 2.45) is 17.8 Å². The third-order valence-electron chi connectivity index (χ3n) is 4.89. The second-order valence-corrected chi connectivity index (χ2v) is 7.82. The van der Waals surface area contributed by atoms with E-state index in [0.29, 0.717) is 32.0 Å². The number of piperazine rings is 1. The van der Waals surface area contributed by atoms with Gasteiger partial charge in [0.1, 0.15) is 0 Å². The monoisotopic (exact) mass is 363 g/mol. The molecule has 1 heterocycles. The molecule has 2 amide bonds. The lowest BCUT2D eigenvalue weighted by Gasteiger charge is -2.36. The number of nitrogens with one attached hydrogen (secondary N) is 1. The highest BCUT2D eigenvalue weighted by molar-refractivity contribution is 6.30. The molecule has 2 unspecified atom stereocenters. The first-order valence-electron chi connectivity index (χ1n) is 9.02. The summed E-state index contributed by atoms with van der Waals surface area (Å²) in [5, 5.41) is 3.66. The van der Waals surface area contributed by atoms with Crippen LogP contribution in [0.25, 0.3) is 0 Å². The molecule has 5 nitrogen and oxygen atoms in total. The SMILES string of the molecule is CC(C)CNC(=O)C1CC1C(=O)N1CCN(c2cccc(Cl)c2)CC1. The highest BCUT2D eigenvalue weighted by atomic mass is 35.5. The molecule has 1 saturated carbocycles. The van der Waals surface area contributed by atoms with Crippen LogP contribution in [0.3, 0.4) is 0 Å². The van der Waals surface area contributed by atoms with E-state index in [1.807, 2.05) is 29.2 Å². The molecule has 0 spiro atoms. The van der Waals surface area contributed by atoms with Crippen LogP contribution in [0.5, 0.6) is 0 Å². The van der Waals surface area contributed by atoms with Gasteiger partial charge in [0, 0.05) is 43.4 Å². The number of carbonyl (C=O) groups excluding carboxylic acids is 2. The first-order chi connectivity index (χ1) is 12.0. The molecule has 1 aliphatic heterocycles. The van der Waals surface area contributed by atoms with E-state index in [0.717, 1.165) is 23.8 Å². The Kier molecular flexibility index (Phi) is 5.52. The van der Waals surface area contributed by atoms with Gasteiger partial charge in [-0.1, -0.05) is 31.5 Å². The maximum absolute atomic E-state index is 12.6. The Morgan fingerprint density at radius 1 is 1.20 bits per heavy atom. The van der Waals surface area contributed by atoms with E-state index in [1.165, 1.54) is 0 Å². The van der Waals surface area contributed by atoms with Crippen molar-refractivity contribution in [3.63, 3.8) is 0 Å². The molecule has 3 rings (SSSR count). The lowest BCUT2D eigenvalue weighted by atomic mass is 10.2. The number of halogens is 1. The van der Waals surface area contributed by atoms with E-state index in [2.05, 4.69) is 24.1 Å². The van der Waals surface area contributed by atoms with E-state index in [1.54, 1.807) is 0 Å². The summed E-state index contributed by atoms with van der Waals surface area (Å²) in [7, 11) is 0. The van der Waals surface area contributed by atoms with Gasteiger partial charge >= 0.3 is 0 Å². The third-order valence-corrected chi connectivity index (χ3v) is 5.13. The predicted octanol–water partition coefficient (Wildman–Crippen LogP) is 2.40. The maximum atomic E-state index is 12.6. The average molecular weight is 364 g/mol. The van der Waals surface area contributed by atoms with Crippen molar-refractivity contribution in [2.75, 3.05) is 37.6 Å². The van der Waals surface area contributed by atoms with Crippen molar-refractivity contribution in [1.29, 1.82) is 0 Å². The van der Waals surface area contributed by atoms with E-state index >= 15 is 0 Å². The Labute approximate surface area is 154 Å². The van der Waals surface area contributed by atoms with Gasteiger partial charge < -0.3 is 15.1 Å². The van der Waals surface area contributed by atoms with Crippen molar-refractivity contribution in [1.82, 2.24) is 10.2 Å². The van der Waals surface area contributed by atoms with E-state index in [-0.39, 0.29) is 23.7 Å². The lowest BCUT2D eigenvalue weighted by molar-refractivity contribution is -0.135. The molecule has 6 heteroatoms. The van der Waals surface area contributed by atoms with Gasteiger partial charge in [0.2, 0.25) is 11.8 Å². The number of hydrogen-bond acceptors (Lipinski definition) is 3. The van der Waals surface area contributed by atoms with E-state index in [9.17, 15) is 9.59 Å². The van der Waals surface area contributed by atoms with Crippen LogP contribution in [0.1, 0.15) is 20.3 Å². The zero-order valence-corrected chi connectivity index (χ0v) is 15.6. The molecule has 1 aromatic rings. The zero-order valence-electron chi connectivity index (χ0n) is 14.9. The molecule has 1 aliphatic carbocycles. The summed E-state index contributed by atoms with van der Waals surface area (Å²) in [5.41, 5.74) is 1.09. The van der Waals surface area contributed by atoms with Gasteiger partial charge in [0.15, 0.2) is 0 Å². The molecule has 2 atom stereocenters. The summed E-state index contributed by atoms with van der Waals surface area (Å²) in [6.45, 7) is 7.79. The second kappa shape index (κ2) is 7.65. The Bertz CT molecular complexity index is 641. The van der Waals surface area contributed by atoms with Crippen LogP contribution in [-0.2, 0) is 9.59 Å². The average Bonchev–Trinajstić information content (AvgIpc) is 3.40. The summed E-state index contributed by atoms with van der Waals surface area (Å²) in [5.74, 6) is 0.346. The first kappa shape index (κ1) is 18.1. The molecule has 1 N–H and O–H groups in total. The molecule has 2 aliphatic rings. The fourth-order valence-electron chi connectivity index (χ4n) is 3.29. The Balaban J connectivity index is 1.47. The van der Waals surface area contributed by atoms with Crippen LogP contribution in [0.2, 0.25) is 5.02 Å². The number of amides is 2. The van der Waals surface area contributed by atoms with Crippen LogP contribution < -0.4 is 10.2 Å². The summed E-state index contributed by atoms with van der Waals surface area (Å²) in [6, 6.07) is 7.80. The van der Waals surface area contributed by atoms with Gasteiger partial charge in [-0.2, -0.15) is 0 Å². The van der Waals surface area contributed by atoms with Crippen molar-refractivity contribution in [3.8, 4) is 0 Å². The Hall–Kier alpha value is -1.75. The Morgan fingerprint density at radius 3 is 2.56 bits per heavy atom. The number of benzene rings is 1. The fourth-order valence-corrected chi connectivity index (χ4v) is 3.47. The summed E-state index contributed by atoms with van der Waals surface area (Å²) < 4.78 is 0. The van der Waals surface area contributed by atoms with Crippen molar-refractivity contribution in [3.05, 3.63) is 29.3 Å². The first-order valence-corrected chi connectivity index (χ1v) is 9.40. The minimum Gasteiger partial charge on any atom is -0.368 e. The standard InChI is InChI=1S/C19H26ClN3O2/c1-13(2)12-21-18(24)16-11-17(16)19(25)23-8-6-22(7-9-23)15-5-3-4-14(20)10-15/h3-5,10,13,16-17H,6-9,11-12H2,1-2H3,(H,21,24). The van der Waals surface area contributed by atoms with Crippen molar-refractivity contribution < 1.29 is 9.59 Å². The molecule has 0 bridgehead atoms. The molecule has 0 aromatic heterocycles. The van der Waals surface area contributed by atoms with Crippen LogP contribution in [-0.4, -0.2) is 49.4 Å². The molecule has 1 aromatic carbocycles. The number of anilines is 1. The van der Waals surface area contributed by atoms with Gasteiger partial charge in [-0.05, 0) is 30.5 Å². The van der Waals surface area contributed by atoms with E-state index in [4.69, 9.17) is 11.6 Å². The summed E-state index contributed by atoms with van der Waals surface area (Å²) in [6.07, 6.45) is 0.692. The van der Waals surface area contributed by atoms with Gasteiger partial charge in [-0.15, -0.1) is 0 Å². The Morgan fingerprint density at radius 2 is 1.92 bits per heavy atom. The molecule has 0 radical (unpaired) electrons.